The molecule has 2 fully saturated rings. The standard InChI is InChI=1S/C30H30ClN3O5/c1-18-5-4-6-23(31)26(18)27(36)32-24(30(38)39)17-19-8-12-21(13-9-19)34-28(20-10-14-22(35)15-11-20)33-16-3-2-7-25(33)29(34)37/h4-6,8-15,24-25,28,35H,2-3,7,16-17H2,1H3,(H,32,36)(H,38,39). The van der Waals surface area contributed by atoms with E-state index in [0.717, 1.165) is 31.4 Å². The lowest BCUT2D eigenvalue weighted by molar-refractivity contribution is -0.139. The van der Waals surface area contributed by atoms with E-state index in [1.54, 1.807) is 54.3 Å². The molecule has 2 heterocycles. The average molecular weight is 548 g/mol. The maximum atomic E-state index is 13.6. The Morgan fingerprint density at radius 1 is 1.05 bits per heavy atom. The zero-order chi connectivity index (χ0) is 27.7. The van der Waals surface area contributed by atoms with Gasteiger partial charge in [0.2, 0.25) is 5.91 Å². The molecule has 0 aliphatic carbocycles. The first-order valence-electron chi connectivity index (χ1n) is 13.0. The van der Waals surface area contributed by atoms with Crippen LogP contribution in [0.2, 0.25) is 5.02 Å². The highest BCUT2D eigenvalue weighted by molar-refractivity contribution is 6.34. The van der Waals surface area contributed by atoms with Crippen LogP contribution >= 0.6 is 11.6 Å². The number of carbonyl (C=O) groups is 3. The fourth-order valence-corrected chi connectivity index (χ4v) is 5.88. The van der Waals surface area contributed by atoms with Crippen LogP contribution in [0.1, 0.15) is 52.5 Å². The molecule has 2 saturated heterocycles. The highest BCUT2D eigenvalue weighted by Crippen LogP contribution is 2.42. The number of hydrogen-bond donors (Lipinski definition) is 3. The summed E-state index contributed by atoms with van der Waals surface area (Å²) < 4.78 is 0. The van der Waals surface area contributed by atoms with Crippen LogP contribution < -0.4 is 10.2 Å². The Balaban J connectivity index is 1.37. The van der Waals surface area contributed by atoms with E-state index in [2.05, 4.69) is 10.2 Å². The number of phenolic OH excluding ortho intramolecular Hbond substituents is 1. The molecule has 2 amide bonds. The molecular formula is C30H30ClN3O5. The number of benzene rings is 3. The number of piperidine rings is 1. The Morgan fingerprint density at radius 3 is 2.44 bits per heavy atom. The van der Waals surface area contributed by atoms with E-state index in [1.165, 1.54) is 0 Å². The van der Waals surface area contributed by atoms with Gasteiger partial charge in [0.25, 0.3) is 5.91 Å². The minimum Gasteiger partial charge on any atom is -0.508 e. The Labute approximate surface area is 231 Å². The van der Waals surface area contributed by atoms with E-state index in [0.29, 0.717) is 16.8 Å². The van der Waals surface area contributed by atoms with E-state index >= 15 is 0 Å². The second kappa shape index (κ2) is 11.1. The van der Waals surface area contributed by atoms with Crippen molar-refractivity contribution in [2.75, 3.05) is 11.4 Å². The Bertz CT molecular complexity index is 1370. The van der Waals surface area contributed by atoms with Gasteiger partial charge in [-0.25, -0.2) is 4.79 Å². The van der Waals surface area contributed by atoms with E-state index in [9.17, 15) is 24.6 Å². The maximum absolute atomic E-state index is 13.6. The third-order valence-corrected chi connectivity index (χ3v) is 7.84. The SMILES string of the molecule is Cc1cccc(Cl)c1C(=O)NC(Cc1ccc(N2C(=O)C3CCCCN3C2c2ccc(O)cc2)cc1)C(=O)O. The Hall–Kier alpha value is -3.88. The molecule has 5 rings (SSSR count). The zero-order valence-corrected chi connectivity index (χ0v) is 22.3. The molecule has 0 aromatic heterocycles. The monoisotopic (exact) mass is 547 g/mol. The fourth-order valence-electron chi connectivity index (χ4n) is 5.57. The van der Waals surface area contributed by atoms with Crippen LogP contribution in [0.15, 0.2) is 66.7 Å². The summed E-state index contributed by atoms with van der Waals surface area (Å²) in [6.07, 6.45) is 2.58. The third kappa shape index (κ3) is 5.35. The average Bonchev–Trinajstić information content (AvgIpc) is 3.21. The number of aryl methyl sites for hydroxylation is 1. The van der Waals surface area contributed by atoms with Crippen molar-refractivity contribution in [1.29, 1.82) is 0 Å². The third-order valence-electron chi connectivity index (χ3n) is 7.52. The summed E-state index contributed by atoms with van der Waals surface area (Å²) >= 11 is 6.19. The summed E-state index contributed by atoms with van der Waals surface area (Å²) in [5, 5.41) is 22.4. The van der Waals surface area contributed by atoms with Gasteiger partial charge in [0.05, 0.1) is 16.6 Å². The molecule has 2 aliphatic rings. The van der Waals surface area contributed by atoms with Crippen molar-refractivity contribution in [2.45, 2.75) is 50.9 Å². The van der Waals surface area contributed by atoms with Gasteiger partial charge in [-0.3, -0.25) is 19.4 Å². The van der Waals surface area contributed by atoms with Crippen LogP contribution in [0, 0.1) is 6.92 Å². The van der Waals surface area contributed by atoms with Crippen molar-refractivity contribution in [2.24, 2.45) is 0 Å². The van der Waals surface area contributed by atoms with Crippen LogP contribution in [0.3, 0.4) is 0 Å². The number of halogens is 1. The van der Waals surface area contributed by atoms with Crippen LogP contribution in [0.5, 0.6) is 5.75 Å². The quantitative estimate of drug-likeness (QED) is 0.396. The summed E-state index contributed by atoms with van der Waals surface area (Å²) in [5.41, 5.74) is 3.23. The number of hydrogen-bond acceptors (Lipinski definition) is 5. The normalized spacial score (nSPS) is 19.9. The van der Waals surface area contributed by atoms with Crippen molar-refractivity contribution in [3.8, 4) is 5.75 Å². The molecule has 39 heavy (non-hydrogen) atoms. The molecule has 2 aliphatic heterocycles. The first-order valence-corrected chi connectivity index (χ1v) is 13.4. The number of rotatable bonds is 7. The van der Waals surface area contributed by atoms with Crippen molar-refractivity contribution < 1.29 is 24.6 Å². The number of nitrogens with zero attached hydrogens (tertiary/aromatic N) is 2. The molecule has 3 atom stereocenters. The van der Waals surface area contributed by atoms with Crippen LogP contribution in [-0.4, -0.2) is 51.5 Å². The second-order valence-corrected chi connectivity index (χ2v) is 10.5. The number of fused-ring (bicyclic) bond motifs is 1. The van der Waals surface area contributed by atoms with Gasteiger partial charge in [-0.1, -0.05) is 54.4 Å². The van der Waals surface area contributed by atoms with E-state index in [-0.39, 0.29) is 40.9 Å². The highest BCUT2D eigenvalue weighted by Gasteiger charge is 2.48. The van der Waals surface area contributed by atoms with Gasteiger partial charge in [-0.05, 0) is 66.8 Å². The van der Waals surface area contributed by atoms with Crippen molar-refractivity contribution in [3.63, 3.8) is 0 Å². The summed E-state index contributed by atoms with van der Waals surface area (Å²) in [6, 6.07) is 17.9. The molecule has 202 valence electrons. The molecule has 0 spiro atoms. The van der Waals surface area contributed by atoms with Gasteiger partial charge in [0.1, 0.15) is 18.0 Å². The lowest BCUT2D eigenvalue weighted by Crippen LogP contribution is -2.42. The molecular weight excluding hydrogens is 518 g/mol. The molecule has 9 heteroatoms. The highest BCUT2D eigenvalue weighted by atomic mass is 35.5. The van der Waals surface area contributed by atoms with E-state index in [1.807, 2.05) is 24.3 Å². The number of carbonyl (C=O) groups excluding carboxylic acids is 2. The van der Waals surface area contributed by atoms with Crippen molar-refractivity contribution in [3.05, 3.63) is 94.0 Å². The number of anilines is 1. The first kappa shape index (κ1) is 26.7. The van der Waals surface area contributed by atoms with Gasteiger partial charge in [0.15, 0.2) is 0 Å². The van der Waals surface area contributed by atoms with Gasteiger partial charge in [-0.15, -0.1) is 0 Å². The van der Waals surface area contributed by atoms with E-state index in [4.69, 9.17) is 11.6 Å². The number of nitrogens with one attached hydrogen (secondary N) is 1. The second-order valence-electron chi connectivity index (χ2n) is 10.1. The molecule has 3 aromatic carbocycles. The van der Waals surface area contributed by atoms with Gasteiger partial charge >= 0.3 is 5.97 Å². The van der Waals surface area contributed by atoms with Crippen molar-refractivity contribution in [1.82, 2.24) is 10.2 Å². The minimum absolute atomic E-state index is 0.0336. The topological polar surface area (TPSA) is 110 Å². The van der Waals surface area contributed by atoms with Gasteiger partial charge < -0.3 is 15.5 Å². The Morgan fingerprint density at radius 2 is 1.77 bits per heavy atom. The number of carboxylic acid groups (broad SMARTS) is 1. The lowest BCUT2D eigenvalue weighted by Gasteiger charge is -2.33. The summed E-state index contributed by atoms with van der Waals surface area (Å²) in [5.74, 6) is -1.50. The minimum atomic E-state index is -1.16. The molecule has 3 aromatic rings. The number of amides is 2. The zero-order valence-electron chi connectivity index (χ0n) is 21.5. The molecule has 0 saturated carbocycles. The van der Waals surface area contributed by atoms with Crippen molar-refractivity contribution >= 4 is 35.1 Å². The predicted molar refractivity (Wildman–Crippen MR) is 148 cm³/mol. The molecule has 3 N–H and O–H groups in total. The number of carboxylic acids is 1. The largest absolute Gasteiger partial charge is 0.508 e. The van der Waals surface area contributed by atoms with Gasteiger partial charge in [0, 0.05) is 18.7 Å². The summed E-state index contributed by atoms with van der Waals surface area (Å²) in [4.78, 5) is 42.4. The fraction of sp³-hybridized carbons (Fsp3) is 0.300. The predicted octanol–water partition coefficient (Wildman–Crippen LogP) is 4.68. The van der Waals surface area contributed by atoms with Crippen LogP contribution in [0.25, 0.3) is 0 Å². The first-order chi connectivity index (χ1) is 18.7. The van der Waals surface area contributed by atoms with Gasteiger partial charge in [-0.2, -0.15) is 0 Å². The lowest BCUT2D eigenvalue weighted by atomic mass is 10.0. The summed E-state index contributed by atoms with van der Waals surface area (Å²) in [7, 11) is 0. The number of phenols is 1. The van der Waals surface area contributed by atoms with E-state index < -0.39 is 17.9 Å². The van der Waals surface area contributed by atoms with Crippen LogP contribution in [-0.2, 0) is 16.0 Å². The smallest absolute Gasteiger partial charge is 0.326 e. The maximum Gasteiger partial charge on any atom is 0.326 e. The summed E-state index contributed by atoms with van der Waals surface area (Å²) in [6.45, 7) is 2.55. The molecule has 8 nitrogen and oxygen atoms in total. The Kier molecular flexibility index (Phi) is 7.59. The van der Waals surface area contributed by atoms with Crippen LogP contribution in [0.4, 0.5) is 5.69 Å². The number of aliphatic carboxylic acids is 1. The molecule has 0 radical (unpaired) electrons. The molecule has 3 unspecified atom stereocenters. The number of aromatic hydroxyl groups is 1. The molecule has 0 bridgehead atoms.